The summed E-state index contributed by atoms with van der Waals surface area (Å²) in [5, 5.41) is 17.5. The molecule has 0 bridgehead atoms. The molecular weight excluding hydrogens is 414 g/mol. The van der Waals surface area contributed by atoms with Crippen LogP contribution >= 0.6 is 0 Å². The predicted octanol–water partition coefficient (Wildman–Crippen LogP) is 5.38. The number of aromatic nitrogens is 2. The van der Waals surface area contributed by atoms with Gasteiger partial charge in [0, 0.05) is 5.56 Å². The third-order valence-electron chi connectivity index (χ3n) is 5.86. The number of benzene rings is 3. The summed E-state index contributed by atoms with van der Waals surface area (Å²) in [6.07, 6.45) is 0. The number of hydrogen-bond acceptors (Lipinski definition) is 7. The molecule has 1 unspecified atom stereocenters. The standard InChI is InChI=1S/C25H21N7O/c1-17-22-23(18-13-15-21(33-2)16-14-18)32-25(31(28-29-32)20-11-7-4-8-12-20)26-24(22)30(27-17)19-9-5-3-6-10-19/h3-16,23H,1-2H3. The van der Waals surface area contributed by atoms with Crippen LogP contribution in [0.25, 0.3) is 5.69 Å². The molecule has 0 saturated heterocycles. The van der Waals surface area contributed by atoms with Crippen LogP contribution < -0.4 is 9.75 Å². The quantitative estimate of drug-likeness (QED) is 0.431. The summed E-state index contributed by atoms with van der Waals surface area (Å²) in [6.45, 7) is 2.01. The molecule has 33 heavy (non-hydrogen) atoms. The highest BCUT2D eigenvalue weighted by atomic mass is 16.5. The van der Waals surface area contributed by atoms with Gasteiger partial charge in [0.05, 0.1) is 24.2 Å². The molecule has 1 aromatic heterocycles. The Morgan fingerprint density at radius 2 is 1.45 bits per heavy atom. The Bertz CT molecular complexity index is 1360. The minimum atomic E-state index is -0.228. The molecule has 0 spiro atoms. The number of para-hydroxylation sites is 2. The monoisotopic (exact) mass is 435 g/mol. The van der Waals surface area contributed by atoms with Crippen LogP contribution in [0.15, 0.2) is 100 Å². The summed E-state index contributed by atoms with van der Waals surface area (Å²) in [4.78, 5) is 5.03. The average molecular weight is 435 g/mol. The van der Waals surface area contributed by atoms with Gasteiger partial charge in [0.2, 0.25) is 0 Å². The van der Waals surface area contributed by atoms with Crippen molar-refractivity contribution in [3.05, 3.63) is 102 Å². The van der Waals surface area contributed by atoms with E-state index in [9.17, 15) is 0 Å². The van der Waals surface area contributed by atoms with Gasteiger partial charge in [-0.25, -0.2) is 4.68 Å². The summed E-state index contributed by atoms with van der Waals surface area (Å²) in [6, 6.07) is 27.7. The number of rotatable bonds is 4. The van der Waals surface area contributed by atoms with Crippen LogP contribution in [0.1, 0.15) is 22.9 Å². The second-order valence-corrected chi connectivity index (χ2v) is 7.83. The maximum atomic E-state index is 5.37. The highest BCUT2D eigenvalue weighted by molar-refractivity contribution is 5.99. The molecule has 0 amide bonds. The normalized spacial score (nSPS) is 16.4. The Hall–Kier alpha value is -4.46. The Labute approximate surface area is 191 Å². The Balaban J connectivity index is 1.56. The molecule has 0 radical (unpaired) electrons. The van der Waals surface area contributed by atoms with Crippen molar-refractivity contribution in [2.75, 3.05) is 12.1 Å². The van der Waals surface area contributed by atoms with Gasteiger partial charge in [0.15, 0.2) is 5.82 Å². The van der Waals surface area contributed by atoms with Gasteiger partial charge in [-0.1, -0.05) is 48.5 Å². The molecule has 0 aliphatic carbocycles. The maximum Gasteiger partial charge on any atom is 0.253 e. The fourth-order valence-corrected chi connectivity index (χ4v) is 4.28. The van der Waals surface area contributed by atoms with Crippen molar-refractivity contribution >= 4 is 17.5 Å². The van der Waals surface area contributed by atoms with Crippen molar-refractivity contribution in [2.24, 2.45) is 15.4 Å². The lowest BCUT2D eigenvalue weighted by Crippen LogP contribution is -2.38. The predicted molar refractivity (Wildman–Crippen MR) is 126 cm³/mol. The summed E-state index contributed by atoms with van der Waals surface area (Å²) in [5.74, 6) is 2.21. The third-order valence-corrected chi connectivity index (χ3v) is 5.86. The van der Waals surface area contributed by atoms with E-state index in [4.69, 9.17) is 14.8 Å². The lowest BCUT2D eigenvalue weighted by molar-refractivity contribution is 0.364. The zero-order chi connectivity index (χ0) is 22.4. The highest BCUT2D eigenvalue weighted by Crippen LogP contribution is 2.45. The van der Waals surface area contributed by atoms with Crippen LogP contribution in [-0.4, -0.2) is 27.9 Å². The molecular formula is C25H21N7O. The largest absolute Gasteiger partial charge is 0.497 e. The van der Waals surface area contributed by atoms with Gasteiger partial charge in [0.25, 0.3) is 5.96 Å². The van der Waals surface area contributed by atoms with Crippen molar-refractivity contribution in [3.8, 4) is 11.4 Å². The first kappa shape index (κ1) is 19.2. The van der Waals surface area contributed by atoms with E-state index in [1.807, 2.05) is 89.4 Å². The fraction of sp³-hybridized carbons (Fsp3) is 0.120. The number of aryl methyl sites for hydroxylation is 1. The first-order chi connectivity index (χ1) is 16.2. The summed E-state index contributed by atoms with van der Waals surface area (Å²) >= 11 is 0. The fourth-order valence-electron chi connectivity index (χ4n) is 4.28. The smallest absolute Gasteiger partial charge is 0.253 e. The van der Waals surface area contributed by atoms with Crippen LogP contribution in [0.2, 0.25) is 0 Å². The van der Waals surface area contributed by atoms with Crippen LogP contribution in [0, 0.1) is 6.92 Å². The first-order valence-corrected chi connectivity index (χ1v) is 10.7. The van der Waals surface area contributed by atoms with E-state index in [1.165, 1.54) is 0 Å². The van der Waals surface area contributed by atoms with Crippen LogP contribution in [0.4, 0.5) is 11.5 Å². The van der Waals surface area contributed by atoms with Gasteiger partial charge in [-0.15, -0.1) is 0 Å². The van der Waals surface area contributed by atoms with Gasteiger partial charge in [-0.2, -0.15) is 20.1 Å². The van der Waals surface area contributed by atoms with E-state index >= 15 is 0 Å². The summed E-state index contributed by atoms with van der Waals surface area (Å²) in [7, 11) is 1.67. The molecule has 8 heteroatoms. The first-order valence-electron chi connectivity index (χ1n) is 10.7. The Morgan fingerprint density at radius 3 is 2.12 bits per heavy atom. The van der Waals surface area contributed by atoms with E-state index in [0.717, 1.165) is 39.8 Å². The molecule has 3 aromatic carbocycles. The van der Waals surface area contributed by atoms with Crippen molar-refractivity contribution in [1.29, 1.82) is 0 Å². The molecule has 1 atom stereocenters. The van der Waals surface area contributed by atoms with Gasteiger partial charge >= 0.3 is 0 Å². The van der Waals surface area contributed by atoms with Crippen LogP contribution in [-0.2, 0) is 0 Å². The van der Waals surface area contributed by atoms with Crippen LogP contribution in [0.5, 0.6) is 5.75 Å². The van der Waals surface area contributed by atoms with Crippen molar-refractivity contribution in [2.45, 2.75) is 13.0 Å². The number of anilines is 1. The molecule has 6 rings (SSSR count). The highest BCUT2D eigenvalue weighted by Gasteiger charge is 2.42. The maximum absolute atomic E-state index is 5.37. The van der Waals surface area contributed by atoms with Gasteiger partial charge in [-0.05, 0) is 59.3 Å². The molecule has 2 aliphatic heterocycles. The van der Waals surface area contributed by atoms with E-state index in [2.05, 4.69) is 22.6 Å². The van der Waals surface area contributed by atoms with E-state index in [0.29, 0.717) is 5.96 Å². The van der Waals surface area contributed by atoms with Crippen molar-refractivity contribution in [3.63, 3.8) is 0 Å². The molecule has 0 saturated carbocycles. The Kier molecular flexibility index (Phi) is 4.43. The number of nitrogens with zero attached hydrogens (tertiary/aromatic N) is 7. The van der Waals surface area contributed by atoms with Crippen molar-refractivity contribution < 1.29 is 4.74 Å². The molecule has 3 heterocycles. The lowest BCUT2D eigenvalue weighted by atomic mass is 9.96. The molecule has 162 valence electrons. The molecule has 0 fully saturated rings. The lowest BCUT2D eigenvalue weighted by Gasteiger charge is -2.30. The number of methoxy groups -OCH3 is 1. The van der Waals surface area contributed by atoms with Crippen LogP contribution in [0.3, 0.4) is 0 Å². The topological polar surface area (TPSA) is 70.6 Å². The van der Waals surface area contributed by atoms with E-state index in [-0.39, 0.29) is 6.04 Å². The van der Waals surface area contributed by atoms with Gasteiger partial charge in [-0.3, -0.25) is 0 Å². The number of guanidine groups is 1. The molecule has 2 aliphatic rings. The zero-order valence-corrected chi connectivity index (χ0v) is 18.2. The average Bonchev–Trinajstić information content (AvgIpc) is 3.45. The zero-order valence-electron chi connectivity index (χ0n) is 18.2. The number of aliphatic imine (C=N–C) groups is 1. The van der Waals surface area contributed by atoms with Gasteiger partial charge < -0.3 is 4.74 Å². The number of hydrogen-bond donors (Lipinski definition) is 0. The SMILES string of the molecule is COc1ccc(C2c3c(C)nn(-c4ccccc4)c3N=C3N(c4ccccc4)N=NN32)cc1. The number of ether oxygens (including phenoxy) is 1. The minimum Gasteiger partial charge on any atom is -0.497 e. The molecule has 0 N–H and O–H groups in total. The van der Waals surface area contributed by atoms with E-state index < -0.39 is 0 Å². The van der Waals surface area contributed by atoms with Gasteiger partial charge in [0.1, 0.15) is 11.8 Å². The van der Waals surface area contributed by atoms with E-state index in [1.54, 1.807) is 12.1 Å². The second kappa shape index (κ2) is 7.59. The number of fused-ring (bicyclic) bond motifs is 2. The second-order valence-electron chi connectivity index (χ2n) is 7.83. The minimum absolute atomic E-state index is 0.228. The Morgan fingerprint density at radius 1 is 0.788 bits per heavy atom. The summed E-state index contributed by atoms with van der Waals surface area (Å²) < 4.78 is 7.27. The molecule has 8 nitrogen and oxygen atoms in total. The van der Waals surface area contributed by atoms with Crippen molar-refractivity contribution in [1.82, 2.24) is 14.8 Å². The molecule has 4 aromatic rings. The summed E-state index contributed by atoms with van der Waals surface area (Å²) in [5.41, 5.74) is 4.79. The third kappa shape index (κ3) is 3.07.